The first-order chi connectivity index (χ1) is 12.0. The Kier molecular flexibility index (Phi) is 4.72. The summed E-state index contributed by atoms with van der Waals surface area (Å²) in [6.45, 7) is 0. The average Bonchev–Trinajstić information content (AvgIpc) is 2.96. The van der Waals surface area contributed by atoms with Crippen molar-refractivity contribution in [3.05, 3.63) is 92.6 Å². The highest BCUT2D eigenvalue weighted by atomic mass is 35.5. The molecule has 0 amide bonds. The van der Waals surface area contributed by atoms with Crippen LogP contribution in [0.1, 0.15) is 11.1 Å². The molecule has 0 saturated heterocycles. The molecule has 1 heterocycles. The Hall–Kier alpha value is -3.25. The summed E-state index contributed by atoms with van der Waals surface area (Å²) in [6.07, 6.45) is 4.71. The Morgan fingerprint density at radius 2 is 1.96 bits per heavy atom. The summed E-state index contributed by atoms with van der Waals surface area (Å²) in [7, 11) is 0. The maximum absolute atomic E-state index is 11.9. The van der Waals surface area contributed by atoms with E-state index in [1.807, 2.05) is 0 Å². The van der Waals surface area contributed by atoms with E-state index in [0.29, 0.717) is 16.1 Å². The number of allylic oxidation sites excluding steroid dienone is 2. The van der Waals surface area contributed by atoms with Crippen LogP contribution in [0.15, 0.2) is 71.4 Å². The molecule has 0 aromatic heterocycles. The fourth-order valence-electron chi connectivity index (χ4n) is 2.16. The number of nitrogens with zero attached hydrogens (tertiary/aromatic N) is 2. The summed E-state index contributed by atoms with van der Waals surface area (Å²) in [4.78, 5) is 26.3. The third kappa shape index (κ3) is 3.99. The van der Waals surface area contributed by atoms with Gasteiger partial charge in [-0.15, -0.1) is 0 Å². The Balaban J connectivity index is 1.80. The number of ether oxygens (including phenoxy) is 1. The lowest BCUT2D eigenvalue weighted by Gasteiger charge is -1.98. The van der Waals surface area contributed by atoms with Gasteiger partial charge < -0.3 is 4.74 Å². The van der Waals surface area contributed by atoms with E-state index >= 15 is 0 Å². The number of nitro groups is 1. The number of halogens is 1. The molecule has 0 atom stereocenters. The van der Waals surface area contributed by atoms with Crippen LogP contribution in [0, 0.1) is 10.1 Å². The van der Waals surface area contributed by atoms with Crippen molar-refractivity contribution in [2.75, 3.05) is 0 Å². The van der Waals surface area contributed by atoms with Crippen LogP contribution < -0.4 is 0 Å². The van der Waals surface area contributed by atoms with E-state index in [9.17, 15) is 14.9 Å². The number of rotatable bonds is 4. The van der Waals surface area contributed by atoms with Crippen molar-refractivity contribution in [3.8, 4) is 0 Å². The molecule has 7 heteroatoms. The van der Waals surface area contributed by atoms with Crippen LogP contribution in [0.3, 0.4) is 0 Å². The molecular formula is C18H11ClN2O4. The zero-order chi connectivity index (χ0) is 17.8. The first-order valence-corrected chi connectivity index (χ1v) is 7.60. The Bertz CT molecular complexity index is 948. The van der Waals surface area contributed by atoms with Gasteiger partial charge in [0.2, 0.25) is 5.90 Å². The number of nitro benzene ring substituents is 1. The Labute approximate surface area is 147 Å². The molecule has 0 aliphatic carbocycles. The molecule has 2 aromatic carbocycles. The van der Waals surface area contributed by atoms with Gasteiger partial charge >= 0.3 is 5.97 Å². The van der Waals surface area contributed by atoms with Crippen LogP contribution in [0.5, 0.6) is 0 Å². The number of cyclic esters (lactones) is 1. The van der Waals surface area contributed by atoms with Crippen molar-refractivity contribution in [1.29, 1.82) is 0 Å². The fraction of sp³-hybridized carbons (Fsp3) is 0. The van der Waals surface area contributed by atoms with Gasteiger partial charge in [-0.2, -0.15) is 0 Å². The second-order valence-corrected chi connectivity index (χ2v) is 5.52. The van der Waals surface area contributed by atoms with E-state index in [2.05, 4.69) is 4.99 Å². The molecule has 1 aliphatic rings. The second-order valence-electron chi connectivity index (χ2n) is 5.08. The summed E-state index contributed by atoms with van der Waals surface area (Å²) >= 11 is 5.91. The minimum Gasteiger partial charge on any atom is -0.402 e. The highest BCUT2D eigenvalue weighted by molar-refractivity contribution is 6.31. The van der Waals surface area contributed by atoms with Crippen molar-refractivity contribution >= 4 is 35.2 Å². The van der Waals surface area contributed by atoms with Crippen LogP contribution in [0.2, 0.25) is 5.02 Å². The SMILES string of the molecule is O=C1OC(c2cccc(Cl)c2)=N/C1=C\C=C\c1cccc([N+](=O)[O-])c1. The van der Waals surface area contributed by atoms with Crippen molar-refractivity contribution in [2.45, 2.75) is 0 Å². The molecule has 2 aromatic rings. The molecule has 0 radical (unpaired) electrons. The fourth-order valence-corrected chi connectivity index (χ4v) is 2.35. The summed E-state index contributed by atoms with van der Waals surface area (Å²) in [5, 5.41) is 11.3. The van der Waals surface area contributed by atoms with E-state index < -0.39 is 10.9 Å². The monoisotopic (exact) mass is 354 g/mol. The normalized spacial score (nSPS) is 15.5. The van der Waals surface area contributed by atoms with Gasteiger partial charge in [0.05, 0.1) is 4.92 Å². The quantitative estimate of drug-likeness (QED) is 0.357. The topological polar surface area (TPSA) is 81.8 Å². The number of aliphatic imine (C=N–C) groups is 1. The molecule has 0 unspecified atom stereocenters. The van der Waals surface area contributed by atoms with Crippen LogP contribution in [-0.2, 0) is 9.53 Å². The van der Waals surface area contributed by atoms with Crippen molar-refractivity contribution in [2.24, 2.45) is 4.99 Å². The van der Waals surface area contributed by atoms with Crippen molar-refractivity contribution in [3.63, 3.8) is 0 Å². The Morgan fingerprint density at radius 1 is 1.16 bits per heavy atom. The molecule has 6 nitrogen and oxygen atoms in total. The van der Waals surface area contributed by atoms with Gasteiger partial charge in [0.25, 0.3) is 5.69 Å². The third-order valence-electron chi connectivity index (χ3n) is 3.32. The lowest BCUT2D eigenvalue weighted by atomic mass is 10.2. The molecule has 1 aliphatic heterocycles. The zero-order valence-corrected chi connectivity index (χ0v) is 13.5. The van der Waals surface area contributed by atoms with Gasteiger partial charge in [-0.05, 0) is 29.8 Å². The van der Waals surface area contributed by atoms with Gasteiger partial charge in [-0.25, -0.2) is 9.79 Å². The Morgan fingerprint density at radius 3 is 2.72 bits per heavy atom. The van der Waals surface area contributed by atoms with Gasteiger partial charge in [0.1, 0.15) is 0 Å². The molecule has 0 fully saturated rings. The maximum Gasteiger partial charge on any atom is 0.363 e. The molecule has 0 spiro atoms. The molecular weight excluding hydrogens is 344 g/mol. The molecule has 25 heavy (non-hydrogen) atoms. The lowest BCUT2D eigenvalue weighted by Crippen LogP contribution is -2.05. The van der Waals surface area contributed by atoms with E-state index in [4.69, 9.17) is 16.3 Å². The summed E-state index contributed by atoms with van der Waals surface area (Å²) < 4.78 is 5.13. The number of esters is 1. The minimum absolute atomic E-state index is 0.00339. The first kappa shape index (κ1) is 16.6. The van der Waals surface area contributed by atoms with E-state index in [1.165, 1.54) is 18.2 Å². The largest absolute Gasteiger partial charge is 0.402 e. The summed E-state index contributed by atoms with van der Waals surface area (Å²) in [5.74, 6) is -0.388. The van der Waals surface area contributed by atoms with E-state index in [0.717, 1.165) is 0 Å². The number of carbonyl (C=O) groups excluding carboxylic acids is 1. The second kappa shape index (κ2) is 7.11. The number of carbonyl (C=O) groups is 1. The molecule has 124 valence electrons. The highest BCUT2D eigenvalue weighted by Crippen LogP contribution is 2.19. The number of non-ortho nitro benzene ring substituents is 1. The number of hydrogen-bond donors (Lipinski definition) is 0. The summed E-state index contributed by atoms with van der Waals surface area (Å²) in [5.41, 5.74) is 1.37. The van der Waals surface area contributed by atoms with E-state index in [-0.39, 0.29) is 17.3 Å². The third-order valence-corrected chi connectivity index (χ3v) is 3.55. The highest BCUT2D eigenvalue weighted by Gasteiger charge is 2.23. The lowest BCUT2D eigenvalue weighted by molar-refractivity contribution is -0.384. The van der Waals surface area contributed by atoms with Crippen LogP contribution in [-0.4, -0.2) is 16.8 Å². The maximum atomic E-state index is 11.9. The summed E-state index contributed by atoms with van der Waals surface area (Å²) in [6, 6.07) is 13.0. The number of hydrogen-bond acceptors (Lipinski definition) is 5. The van der Waals surface area contributed by atoms with Crippen molar-refractivity contribution in [1.82, 2.24) is 0 Å². The van der Waals surface area contributed by atoms with E-state index in [1.54, 1.807) is 48.6 Å². The number of benzene rings is 2. The molecule has 3 rings (SSSR count). The van der Waals surface area contributed by atoms with Crippen LogP contribution >= 0.6 is 11.6 Å². The predicted octanol–water partition coefficient (Wildman–Crippen LogP) is 4.15. The van der Waals surface area contributed by atoms with Crippen molar-refractivity contribution < 1.29 is 14.5 Å². The van der Waals surface area contributed by atoms with Gasteiger partial charge in [0.15, 0.2) is 5.70 Å². The smallest absolute Gasteiger partial charge is 0.363 e. The standard InChI is InChI=1S/C18H11ClN2O4/c19-14-7-3-6-13(11-14)17-20-16(18(22)25-17)9-2-5-12-4-1-8-15(10-12)21(23)24/h1-11H/b5-2+,16-9-. The zero-order valence-electron chi connectivity index (χ0n) is 12.8. The van der Waals surface area contributed by atoms with Gasteiger partial charge in [-0.1, -0.05) is 42.0 Å². The van der Waals surface area contributed by atoms with Gasteiger partial charge in [-0.3, -0.25) is 10.1 Å². The predicted molar refractivity (Wildman–Crippen MR) is 94.3 cm³/mol. The first-order valence-electron chi connectivity index (χ1n) is 7.22. The molecule has 0 saturated carbocycles. The van der Waals surface area contributed by atoms with Crippen LogP contribution in [0.4, 0.5) is 5.69 Å². The molecule has 0 N–H and O–H groups in total. The van der Waals surface area contributed by atoms with Crippen LogP contribution in [0.25, 0.3) is 6.08 Å². The minimum atomic E-state index is -0.571. The molecule has 0 bridgehead atoms. The van der Waals surface area contributed by atoms with Gasteiger partial charge in [0, 0.05) is 22.7 Å². The average molecular weight is 355 g/mol.